The van der Waals surface area contributed by atoms with Crippen molar-refractivity contribution in [1.29, 1.82) is 0 Å². The number of aliphatic hydroxyl groups is 7. The molecule has 0 bridgehead atoms. The minimum atomic E-state index is -1.69. The van der Waals surface area contributed by atoms with Crippen LogP contribution in [0.3, 0.4) is 0 Å². The Labute approximate surface area is 211 Å². The zero-order chi connectivity index (χ0) is 26.5. The van der Waals surface area contributed by atoms with Gasteiger partial charge in [0.25, 0.3) is 0 Å². The Balaban J connectivity index is 1.71. The van der Waals surface area contributed by atoms with E-state index in [0.717, 1.165) is 51.9 Å². The van der Waals surface area contributed by atoms with Gasteiger partial charge >= 0.3 is 0 Å². The Morgan fingerprint density at radius 1 is 0.639 bits per heavy atom. The largest absolute Gasteiger partial charge is 0.394 e. The predicted octanol–water partition coefficient (Wildman–Crippen LogP) is -5.10. The van der Waals surface area contributed by atoms with E-state index in [1.54, 1.807) is 0 Å². The molecule has 2 saturated heterocycles. The van der Waals surface area contributed by atoms with E-state index in [1.165, 1.54) is 0 Å². The average molecular weight is 527 g/mol. The maximum atomic E-state index is 10.6. The van der Waals surface area contributed by atoms with Gasteiger partial charge in [-0.1, -0.05) is 0 Å². The molecule has 0 aromatic carbocycles. The predicted molar refractivity (Wildman–Crippen MR) is 128 cm³/mol. The van der Waals surface area contributed by atoms with Gasteiger partial charge in [-0.05, 0) is 65.0 Å². The number of hydrogen-bond acceptors (Lipinski definition) is 14. The second kappa shape index (κ2) is 17.1. The maximum absolute atomic E-state index is 10.6. The van der Waals surface area contributed by atoms with Crippen LogP contribution in [0.15, 0.2) is 0 Å². The van der Waals surface area contributed by atoms with E-state index < -0.39 is 74.6 Å². The van der Waals surface area contributed by atoms with Gasteiger partial charge in [0, 0.05) is 0 Å². The highest BCUT2D eigenvalue weighted by atomic mass is 16.7. The average Bonchev–Trinajstić information content (AvgIpc) is 2.88. The first kappa shape index (κ1) is 31.7. The fraction of sp³-hybridized carbons (Fsp3) is 1.00. The lowest BCUT2D eigenvalue weighted by atomic mass is 9.96. The van der Waals surface area contributed by atoms with Crippen LogP contribution in [0.5, 0.6) is 0 Å². The normalized spacial score (nSPS) is 37.3. The SMILES string of the molecule is NCCCNCCCCNCCCNC1O[C@H](CO)[C@@H](O[C@@H]2O[C@H](CO)[C@H](O)[C@H](O)[C@H]2O)[C@H](O)[C@H]1O. The summed E-state index contributed by atoms with van der Waals surface area (Å²) < 4.78 is 16.5. The zero-order valence-electron chi connectivity index (χ0n) is 20.7. The number of rotatable bonds is 17. The zero-order valence-corrected chi connectivity index (χ0v) is 20.7. The molecule has 0 aromatic heterocycles. The number of hydrogen-bond donors (Lipinski definition) is 11. The lowest BCUT2D eigenvalue weighted by Crippen LogP contribution is -2.66. The van der Waals surface area contributed by atoms with E-state index in [9.17, 15) is 35.7 Å². The van der Waals surface area contributed by atoms with Crippen LogP contribution in [-0.4, -0.2) is 150 Å². The van der Waals surface area contributed by atoms with Crippen LogP contribution < -0.4 is 21.7 Å². The summed E-state index contributed by atoms with van der Waals surface area (Å²) in [5.41, 5.74) is 5.45. The van der Waals surface area contributed by atoms with Gasteiger partial charge < -0.3 is 66.3 Å². The van der Waals surface area contributed by atoms with Crippen LogP contribution in [-0.2, 0) is 14.2 Å². The molecule has 2 aliphatic rings. The van der Waals surface area contributed by atoms with Gasteiger partial charge in [0.2, 0.25) is 0 Å². The Kier molecular flexibility index (Phi) is 15.0. The highest BCUT2D eigenvalue weighted by Crippen LogP contribution is 2.28. The second-order valence-corrected chi connectivity index (χ2v) is 9.21. The van der Waals surface area contributed by atoms with E-state index in [2.05, 4.69) is 16.0 Å². The Hall–Kier alpha value is -0.560. The minimum absolute atomic E-state index is 0.485. The quantitative estimate of drug-likeness (QED) is 0.0796. The molecule has 2 heterocycles. The van der Waals surface area contributed by atoms with E-state index >= 15 is 0 Å². The Morgan fingerprint density at radius 3 is 1.86 bits per heavy atom. The van der Waals surface area contributed by atoms with Crippen molar-refractivity contribution in [2.24, 2.45) is 5.73 Å². The molecule has 12 N–H and O–H groups in total. The summed E-state index contributed by atoms with van der Waals surface area (Å²) in [5, 5.41) is 79.9. The fourth-order valence-corrected chi connectivity index (χ4v) is 4.19. The fourth-order valence-electron chi connectivity index (χ4n) is 4.19. The molecule has 0 radical (unpaired) electrons. The van der Waals surface area contributed by atoms with Crippen molar-refractivity contribution in [3.8, 4) is 0 Å². The van der Waals surface area contributed by atoms with Gasteiger partial charge in [-0.15, -0.1) is 0 Å². The van der Waals surface area contributed by atoms with Crippen LogP contribution in [0.4, 0.5) is 0 Å². The van der Waals surface area contributed by atoms with Crippen molar-refractivity contribution in [1.82, 2.24) is 16.0 Å². The van der Waals surface area contributed by atoms with Crippen molar-refractivity contribution >= 4 is 0 Å². The lowest BCUT2D eigenvalue weighted by molar-refractivity contribution is -0.343. The summed E-state index contributed by atoms with van der Waals surface area (Å²) in [6, 6.07) is 0. The third-order valence-electron chi connectivity index (χ3n) is 6.39. The van der Waals surface area contributed by atoms with Crippen LogP contribution in [0.25, 0.3) is 0 Å². The third-order valence-corrected chi connectivity index (χ3v) is 6.39. The van der Waals surface area contributed by atoms with Crippen molar-refractivity contribution < 1.29 is 50.0 Å². The van der Waals surface area contributed by atoms with Crippen LogP contribution >= 0.6 is 0 Å². The topological polar surface area (TPSA) is 231 Å². The second-order valence-electron chi connectivity index (χ2n) is 9.21. The van der Waals surface area contributed by atoms with Gasteiger partial charge in [0.05, 0.1) is 13.2 Å². The summed E-state index contributed by atoms with van der Waals surface area (Å²) in [6.45, 7) is 3.53. The number of ether oxygens (including phenoxy) is 3. The van der Waals surface area contributed by atoms with Crippen LogP contribution in [0, 0.1) is 0 Å². The van der Waals surface area contributed by atoms with E-state index in [1.807, 2.05) is 0 Å². The molecular weight excluding hydrogens is 480 g/mol. The minimum Gasteiger partial charge on any atom is -0.394 e. The van der Waals surface area contributed by atoms with E-state index in [-0.39, 0.29) is 0 Å². The summed E-state index contributed by atoms with van der Waals surface area (Å²) in [7, 11) is 0. The summed E-state index contributed by atoms with van der Waals surface area (Å²) in [5.74, 6) is 0. The molecular formula is C22H46N4O10. The summed E-state index contributed by atoms with van der Waals surface area (Å²) in [6.07, 6.45) is -10.1. The molecule has 214 valence electrons. The number of nitrogens with one attached hydrogen (secondary N) is 3. The molecule has 36 heavy (non-hydrogen) atoms. The molecule has 0 amide bonds. The molecule has 14 heteroatoms. The first-order chi connectivity index (χ1) is 17.3. The smallest absolute Gasteiger partial charge is 0.187 e. The van der Waals surface area contributed by atoms with Crippen molar-refractivity contribution in [2.45, 2.75) is 87.0 Å². The Bertz CT molecular complexity index is 579. The molecule has 0 spiro atoms. The van der Waals surface area contributed by atoms with Crippen molar-refractivity contribution in [2.75, 3.05) is 52.5 Å². The number of nitrogens with two attached hydrogens (primary N) is 1. The van der Waals surface area contributed by atoms with Crippen LogP contribution in [0.1, 0.15) is 25.7 Å². The number of unbranched alkanes of at least 4 members (excludes halogenated alkanes) is 1. The molecule has 1 unspecified atom stereocenters. The monoisotopic (exact) mass is 526 g/mol. The maximum Gasteiger partial charge on any atom is 0.187 e. The van der Waals surface area contributed by atoms with Gasteiger partial charge in [-0.25, -0.2) is 0 Å². The molecule has 10 atom stereocenters. The van der Waals surface area contributed by atoms with Crippen LogP contribution in [0.2, 0.25) is 0 Å². The molecule has 0 saturated carbocycles. The molecule has 2 aliphatic heterocycles. The molecule has 2 rings (SSSR count). The van der Waals surface area contributed by atoms with E-state index in [4.69, 9.17) is 19.9 Å². The lowest BCUT2D eigenvalue weighted by Gasteiger charge is -2.46. The van der Waals surface area contributed by atoms with Crippen molar-refractivity contribution in [3.63, 3.8) is 0 Å². The third kappa shape index (κ3) is 9.32. The summed E-state index contributed by atoms with van der Waals surface area (Å²) >= 11 is 0. The Morgan fingerprint density at radius 2 is 1.25 bits per heavy atom. The first-order valence-corrected chi connectivity index (χ1v) is 12.8. The molecule has 14 nitrogen and oxygen atoms in total. The van der Waals surface area contributed by atoms with Crippen molar-refractivity contribution in [3.05, 3.63) is 0 Å². The van der Waals surface area contributed by atoms with Gasteiger partial charge in [-0.3, -0.25) is 5.32 Å². The van der Waals surface area contributed by atoms with E-state index in [0.29, 0.717) is 13.1 Å². The highest BCUT2D eigenvalue weighted by Gasteiger charge is 2.50. The number of aliphatic hydroxyl groups excluding tert-OH is 7. The molecule has 2 fully saturated rings. The van der Waals surface area contributed by atoms with Gasteiger partial charge in [0.1, 0.15) is 55.1 Å². The molecule has 0 aliphatic carbocycles. The standard InChI is InChI=1S/C22H46N4O10/c23-5-3-8-24-6-1-2-7-25-9-4-10-26-21-18(32)17(31)20(14(12-28)34-21)36-22-19(33)16(30)15(29)13(11-27)35-22/h13-22,24-33H,1-12,23H2/t13-,14-,15+,16+,17-,18-,19-,20-,21?,22+/m1/s1. The highest BCUT2D eigenvalue weighted by molar-refractivity contribution is 4.95. The first-order valence-electron chi connectivity index (χ1n) is 12.8. The summed E-state index contributed by atoms with van der Waals surface area (Å²) in [4.78, 5) is 0. The van der Waals surface area contributed by atoms with Gasteiger partial charge in [-0.2, -0.15) is 0 Å². The van der Waals surface area contributed by atoms with Gasteiger partial charge in [0.15, 0.2) is 6.29 Å². The molecule has 0 aromatic rings.